The SMILES string of the molecule is C=CC12CCC(Cc3ccc(Cc4ccc(CC)cc4)cc3)(CC1)CC2. The van der Waals surface area contributed by atoms with Gasteiger partial charge in [0.15, 0.2) is 0 Å². The molecule has 5 rings (SSSR count). The molecule has 3 fully saturated rings. The lowest BCUT2D eigenvalue weighted by Gasteiger charge is -2.52. The van der Waals surface area contributed by atoms with Crippen LogP contribution >= 0.6 is 0 Å². The van der Waals surface area contributed by atoms with Gasteiger partial charge in [0.1, 0.15) is 0 Å². The van der Waals surface area contributed by atoms with Crippen LogP contribution in [0.15, 0.2) is 61.2 Å². The third-order valence-electron chi connectivity index (χ3n) is 7.33. The van der Waals surface area contributed by atoms with E-state index < -0.39 is 0 Å². The van der Waals surface area contributed by atoms with Crippen molar-refractivity contribution < 1.29 is 0 Å². The Bertz CT molecular complexity index is 723. The Morgan fingerprint density at radius 3 is 1.65 bits per heavy atom. The van der Waals surface area contributed by atoms with Crippen molar-refractivity contribution >= 4 is 0 Å². The quantitative estimate of drug-likeness (QED) is 0.499. The van der Waals surface area contributed by atoms with Gasteiger partial charge in [-0.15, -0.1) is 6.58 Å². The van der Waals surface area contributed by atoms with Gasteiger partial charge >= 0.3 is 0 Å². The summed E-state index contributed by atoms with van der Waals surface area (Å²) in [6.07, 6.45) is 14.0. The van der Waals surface area contributed by atoms with E-state index in [1.54, 1.807) is 0 Å². The van der Waals surface area contributed by atoms with E-state index in [4.69, 9.17) is 0 Å². The number of hydrogen-bond donors (Lipinski definition) is 0. The zero-order valence-corrected chi connectivity index (χ0v) is 16.3. The first-order valence-electron chi connectivity index (χ1n) is 10.4. The minimum Gasteiger partial charge on any atom is -0.103 e. The molecule has 0 nitrogen and oxygen atoms in total. The van der Waals surface area contributed by atoms with Gasteiger partial charge in [0.25, 0.3) is 0 Å². The van der Waals surface area contributed by atoms with E-state index in [2.05, 4.69) is 68.1 Å². The van der Waals surface area contributed by atoms with E-state index in [1.165, 1.54) is 67.2 Å². The molecule has 0 atom stereocenters. The van der Waals surface area contributed by atoms with Gasteiger partial charge in [-0.25, -0.2) is 0 Å². The van der Waals surface area contributed by atoms with Crippen LogP contribution < -0.4 is 0 Å². The Kier molecular flexibility index (Phi) is 4.78. The Balaban J connectivity index is 1.39. The molecule has 2 aromatic rings. The Labute approximate surface area is 159 Å². The van der Waals surface area contributed by atoms with E-state index in [-0.39, 0.29) is 0 Å². The third-order valence-corrected chi connectivity index (χ3v) is 7.33. The van der Waals surface area contributed by atoms with Crippen LogP contribution in [0.2, 0.25) is 0 Å². The topological polar surface area (TPSA) is 0 Å². The third kappa shape index (κ3) is 3.52. The van der Waals surface area contributed by atoms with Crippen LogP contribution in [0, 0.1) is 10.8 Å². The van der Waals surface area contributed by atoms with Crippen molar-refractivity contribution in [3.63, 3.8) is 0 Å². The average Bonchev–Trinajstić information content (AvgIpc) is 2.71. The summed E-state index contributed by atoms with van der Waals surface area (Å²) in [5.41, 5.74) is 6.84. The standard InChI is InChI=1S/C26H32/c1-3-21-5-7-22(8-6-21)19-23-9-11-24(12-10-23)20-26-16-13-25(4-2,14-17-26)15-18-26/h4-12H,2-3,13-20H2,1H3. The number of fused-ring (bicyclic) bond motifs is 3. The fourth-order valence-corrected chi connectivity index (χ4v) is 5.20. The van der Waals surface area contributed by atoms with Gasteiger partial charge < -0.3 is 0 Å². The first kappa shape index (κ1) is 17.6. The second kappa shape index (κ2) is 7.06. The second-order valence-electron chi connectivity index (χ2n) is 8.91. The molecular weight excluding hydrogens is 312 g/mol. The molecule has 0 radical (unpaired) electrons. The van der Waals surface area contributed by atoms with Gasteiger partial charge in [0.05, 0.1) is 0 Å². The minimum absolute atomic E-state index is 0.485. The lowest BCUT2D eigenvalue weighted by molar-refractivity contribution is 0.0220. The van der Waals surface area contributed by atoms with E-state index >= 15 is 0 Å². The van der Waals surface area contributed by atoms with Crippen molar-refractivity contribution in [2.45, 2.75) is 64.7 Å². The van der Waals surface area contributed by atoms with Crippen molar-refractivity contribution in [2.75, 3.05) is 0 Å². The highest BCUT2D eigenvalue weighted by atomic mass is 14.5. The molecule has 0 amide bonds. The summed E-state index contributed by atoms with van der Waals surface area (Å²) in [4.78, 5) is 0. The Morgan fingerprint density at radius 2 is 1.19 bits per heavy atom. The Hall–Kier alpha value is -1.82. The van der Waals surface area contributed by atoms with Gasteiger partial charge in [-0.3, -0.25) is 0 Å². The number of allylic oxidation sites excluding steroid dienone is 1. The summed E-state index contributed by atoms with van der Waals surface area (Å²) in [7, 11) is 0. The largest absolute Gasteiger partial charge is 0.103 e. The molecule has 2 aromatic carbocycles. The molecule has 3 saturated carbocycles. The maximum absolute atomic E-state index is 4.11. The van der Waals surface area contributed by atoms with Crippen LogP contribution in [0.1, 0.15) is 67.7 Å². The van der Waals surface area contributed by atoms with E-state index in [1.807, 2.05) is 0 Å². The summed E-state index contributed by atoms with van der Waals surface area (Å²) in [6.45, 7) is 6.32. The van der Waals surface area contributed by atoms with E-state index in [9.17, 15) is 0 Å². The van der Waals surface area contributed by atoms with Crippen LogP contribution in [0.25, 0.3) is 0 Å². The van der Waals surface area contributed by atoms with Crippen molar-refractivity contribution in [3.05, 3.63) is 83.4 Å². The number of aryl methyl sites for hydroxylation is 1. The molecule has 2 bridgehead atoms. The van der Waals surface area contributed by atoms with Crippen molar-refractivity contribution in [1.82, 2.24) is 0 Å². The Morgan fingerprint density at radius 1 is 0.731 bits per heavy atom. The highest BCUT2D eigenvalue weighted by Crippen LogP contribution is 2.58. The van der Waals surface area contributed by atoms with Gasteiger partial charge in [-0.05, 0) is 90.9 Å². The number of rotatable bonds is 6. The molecule has 136 valence electrons. The second-order valence-corrected chi connectivity index (χ2v) is 8.91. The number of benzene rings is 2. The molecule has 3 aliphatic rings. The predicted molar refractivity (Wildman–Crippen MR) is 112 cm³/mol. The lowest BCUT2D eigenvalue weighted by Crippen LogP contribution is -2.41. The van der Waals surface area contributed by atoms with Crippen LogP contribution in [-0.4, -0.2) is 0 Å². The minimum atomic E-state index is 0.485. The molecule has 0 spiro atoms. The highest BCUT2D eigenvalue weighted by Gasteiger charge is 2.46. The molecule has 0 heteroatoms. The summed E-state index contributed by atoms with van der Waals surface area (Å²) < 4.78 is 0. The van der Waals surface area contributed by atoms with E-state index in [0.717, 1.165) is 12.8 Å². The lowest BCUT2D eigenvalue weighted by atomic mass is 9.52. The molecule has 0 aliphatic heterocycles. The highest BCUT2D eigenvalue weighted by molar-refractivity contribution is 5.31. The van der Waals surface area contributed by atoms with Crippen LogP contribution in [0.3, 0.4) is 0 Å². The summed E-state index contributed by atoms with van der Waals surface area (Å²) >= 11 is 0. The molecular formula is C26H32. The van der Waals surface area contributed by atoms with Gasteiger partial charge in [-0.2, -0.15) is 0 Å². The first-order valence-corrected chi connectivity index (χ1v) is 10.4. The maximum atomic E-state index is 4.11. The van der Waals surface area contributed by atoms with Gasteiger partial charge in [0.2, 0.25) is 0 Å². The fraction of sp³-hybridized carbons (Fsp3) is 0.462. The first-order chi connectivity index (χ1) is 12.6. The van der Waals surface area contributed by atoms with Crippen LogP contribution in [-0.2, 0) is 19.3 Å². The number of hydrogen-bond acceptors (Lipinski definition) is 0. The maximum Gasteiger partial charge on any atom is -0.00258 e. The van der Waals surface area contributed by atoms with Crippen LogP contribution in [0.5, 0.6) is 0 Å². The van der Waals surface area contributed by atoms with Crippen LogP contribution in [0.4, 0.5) is 0 Å². The van der Waals surface area contributed by atoms with Crippen molar-refractivity contribution in [2.24, 2.45) is 10.8 Å². The zero-order chi connectivity index (χ0) is 18.0. The van der Waals surface area contributed by atoms with Crippen molar-refractivity contribution in [3.8, 4) is 0 Å². The smallest absolute Gasteiger partial charge is 0.00258 e. The summed E-state index contributed by atoms with van der Waals surface area (Å²) in [5.74, 6) is 0. The normalized spacial score (nSPS) is 27.4. The molecule has 0 aromatic heterocycles. The molecule has 0 saturated heterocycles. The van der Waals surface area contributed by atoms with Gasteiger partial charge in [-0.1, -0.05) is 61.5 Å². The van der Waals surface area contributed by atoms with Gasteiger partial charge in [0, 0.05) is 0 Å². The molecule has 26 heavy (non-hydrogen) atoms. The average molecular weight is 345 g/mol. The monoisotopic (exact) mass is 344 g/mol. The molecule has 0 unspecified atom stereocenters. The zero-order valence-electron chi connectivity index (χ0n) is 16.3. The summed E-state index contributed by atoms with van der Waals surface area (Å²) in [6, 6.07) is 18.5. The fourth-order valence-electron chi connectivity index (χ4n) is 5.20. The summed E-state index contributed by atoms with van der Waals surface area (Å²) in [5, 5.41) is 0. The van der Waals surface area contributed by atoms with Crippen molar-refractivity contribution in [1.29, 1.82) is 0 Å². The molecule has 3 aliphatic carbocycles. The predicted octanol–water partition coefficient (Wildman–Crippen LogP) is 6.91. The van der Waals surface area contributed by atoms with E-state index in [0.29, 0.717) is 10.8 Å². The molecule has 0 heterocycles. The molecule has 0 N–H and O–H groups in total.